The summed E-state index contributed by atoms with van der Waals surface area (Å²) in [5, 5.41) is 2.10. The number of amides is 1. The van der Waals surface area contributed by atoms with E-state index in [1.54, 1.807) is 35.6 Å². The Morgan fingerprint density at radius 1 is 0.969 bits per heavy atom. The molecule has 4 rings (SSSR count). The summed E-state index contributed by atoms with van der Waals surface area (Å²) in [7, 11) is -3.71. The lowest BCUT2D eigenvalue weighted by molar-refractivity contribution is 0.0638. The first-order valence-electron chi connectivity index (χ1n) is 10.6. The Morgan fingerprint density at radius 3 is 2.28 bits per heavy atom. The number of sulfonamides is 1. The molecule has 0 saturated carbocycles. The molecule has 2 aromatic carbocycles. The molecule has 32 heavy (non-hydrogen) atoms. The minimum Gasteiger partial charge on any atom is -0.336 e. The summed E-state index contributed by atoms with van der Waals surface area (Å²) in [5.41, 5.74) is 2.07. The van der Waals surface area contributed by atoms with Crippen LogP contribution in [0.2, 0.25) is 0 Å². The van der Waals surface area contributed by atoms with Crippen LogP contribution in [0.5, 0.6) is 0 Å². The van der Waals surface area contributed by atoms with Crippen LogP contribution in [0, 0.1) is 6.92 Å². The maximum absolute atomic E-state index is 12.9. The number of aryl methyl sites for hydroxylation is 1. The topological polar surface area (TPSA) is 69.7 Å². The monoisotopic (exact) mass is 469 g/mol. The van der Waals surface area contributed by atoms with Gasteiger partial charge in [-0.3, -0.25) is 14.4 Å². The van der Waals surface area contributed by atoms with E-state index in [0.29, 0.717) is 24.3 Å². The predicted octanol–water partition coefficient (Wildman–Crippen LogP) is 3.86. The number of carbonyl (C=O) groups excluding carboxylic acids is 1. The van der Waals surface area contributed by atoms with Gasteiger partial charge in [0.2, 0.25) is 0 Å². The van der Waals surface area contributed by atoms with Gasteiger partial charge in [0.05, 0.1) is 4.90 Å². The summed E-state index contributed by atoms with van der Waals surface area (Å²) in [4.78, 5) is 18.6. The van der Waals surface area contributed by atoms with Crippen molar-refractivity contribution in [1.29, 1.82) is 0 Å². The number of rotatable bonds is 7. The highest BCUT2D eigenvalue weighted by Crippen LogP contribution is 2.18. The van der Waals surface area contributed by atoms with Crippen LogP contribution in [0.25, 0.3) is 0 Å². The van der Waals surface area contributed by atoms with Gasteiger partial charge in [0.1, 0.15) is 0 Å². The van der Waals surface area contributed by atoms with Crippen LogP contribution in [0.1, 0.15) is 20.8 Å². The fourth-order valence-corrected chi connectivity index (χ4v) is 5.45. The zero-order valence-electron chi connectivity index (χ0n) is 18.0. The maximum Gasteiger partial charge on any atom is 0.261 e. The van der Waals surface area contributed by atoms with Crippen LogP contribution in [0.3, 0.4) is 0 Å². The van der Waals surface area contributed by atoms with Gasteiger partial charge in [0.25, 0.3) is 15.9 Å². The zero-order valence-corrected chi connectivity index (χ0v) is 19.7. The Morgan fingerprint density at radius 2 is 1.66 bits per heavy atom. The number of carbonyl (C=O) groups is 1. The fourth-order valence-electron chi connectivity index (χ4n) is 3.69. The molecular formula is C24H27N3O3S2. The van der Waals surface area contributed by atoms with E-state index in [0.717, 1.165) is 31.6 Å². The van der Waals surface area contributed by atoms with Gasteiger partial charge in [0.15, 0.2) is 0 Å². The summed E-state index contributed by atoms with van der Waals surface area (Å²) < 4.78 is 27.9. The Hall–Kier alpha value is -2.68. The smallest absolute Gasteiger partial charge is 0.261 e. The van der Waals surface area contributed by atoms with Gasteiger partial charge in [-0.1, -0.05) is 23.8 Å². The molecule has 0 aliphatic carbocycles. The molecule has 3 aromatic rings. The average Bonchev–Trinajstić information content (AvgIpc) is 3.33. The van der Waals surface area contributed by atoms with Gasteiger partial charge >= 0.3 is 0 Å². The summed E-state index contributed by atoms with van der Waals surface area (Å²) in [6.07, 6.45) is 1.04. The minimum atomic E-state index is -3.71. The highest BCUT2D eigenvalue weighted by Gasteiger charge is 2.23. The van der Waals surface area contributed by atoms with Crippen molar-refractivity contribution in [3.63, 3.8) is 0 Å². The van der Waals surface area contributed by atoms with Gasteiger partial charge < -0.3 is 4.90 Å². The molecule has 168 valence electrons. The normalized spacial score (nSPS) is 15.0. The zero-order chi connectivity index (χ0) is 22.6. The molecule has 0 atom stereocenters. The van der Waals surface area contributed by atoms with Crippen molar-refractivity contribution in [3.05, 3.63) is 82.0 Å². The summed E-state index contributed by atoms with van der Waals surface area (Å²) >= 11 is 1.78. The third-order valence-corrected chi connectivity index (χ3v) is 7.96. The van der Waals surface area contributed by atoms with Gasteiger partial charge in [0, 0.05) is 48.9 Å². The molecule has 2 heterocycles. The van der Waals surface area contributed by atoms with E-state index >= 15 is 0 Å². The molecular weight excluding hydrogens is 442 g/mol. The Labute approximate surface area is 193 Å². The number of hydrogen-bond donors (Lipinski definition) is 1. The third kappa shape index (κ3) is 5.56. The number of anilines is 1. The van der Waals surface area contributed by atoms with E-state index < -0.39 is 10.0 Å². The number of benzene rings is 2. The van der Waals surface area contributed by atoms with Crippen LogP contribution in [0.15, 0.2) is 70.9 Å². The second-order valence-electron chi connectivity index (χ2n) is 7.96. The van der Waals surface area contributed by atoms with Crippen LogP contribution in [-0.4, -0.2) is 56.8 Å². The first-order valence-corrected chi connectivity index (χ1v) is 13.0. The van der Waals surface area contributed by atoms with E-state index in [2.05, 4.69) is 27.1 Å². The number of nitrogens with zero attached hydrogens (tertiary/aromatic N) is 2. The van der Waals surface area contributed by atoms with Gasteiger partial charge in [-0.25, -0.2) is 8.42 Å². The lowest BCUT2D eigenvalue weighted by atomic mass is 10.2. The Bertz CT molecular complexity index is 1130. The quantitative estimate of drug-likeness (QED) is 0.571. The number of piperazine rings is 1. The molecule has 8 heteroatoms. The Kier molecular flexibility index (Phi) is 6.93. The molecule has 0 spiro atoms. The van der Waals surface area contributed by atoms with Gasteiger partial charge in [-0.2, -0.15) is 0 Å². The van der Waals surface area contributed by atoms with Crippen molar-refractivity contribution in [2.45, 2.75) is 18.2 Å². The van der Waals surface area contributed by atoms with Gasteiger partial charge in [-0.05, 0) is 61.2 Å². The molecule has 0 unspecified atom stereocenters. The van der Waals surface area contributed by atoms with Crippen molar-refractivity contribution in [2.24, 2.45) is 0 Å². The predicted molar refractivity (Wildman–Crippen MR) is 129 cm³/mol. The van der Waals surface area contributed by atoms with Crippen LogP contribution < -0.4 is 4.72 Å². The van der Waals surface area contributed by atoms with E-state index in [4.69, 9.17) is 0 Å². The number of hydrogen-bond acceptors (Lipinski definition) is 5. The summed E-state index contributed by atoms with van der Waals surface area (Å²) in [6.45, 7) is 6.01. The second kappa shape index (κ2) is 9.85. The van der Waals surface area contributed by atoms with Gasteiger partial charge in [-0.15, -0.1) is 11.3 Å². The third-order valence-electron chi connectivity index (χ3n) is 5.63. The maximum atomic E-state index is 12.9. The molecule has 1 aromatic heterocycles. The molecule has 0 bridgehead atoms. The Balaban J connectivity index is 1.32. The summed E-state index contributed by atoms with van der Waals surface area (Å²) in [6, 6.07) is 17.5. The fraction of sp³-hybridized carbons (Fsp3) is 0.292. The van der Waals surface area contributed by atoms with Crippen molar-refractivity contribution < 1.29 is 13.2 Å². The van der Waals surface area contributed by atoms with Crippen LogP contribution in [-0.2, 0) is 16.4 Å². The molecule has 6 nitrogen and oxygen atoms in total. The second-order valence-corrected chi connectivity index (χ2v) is 10.7. The molecule has 1 aliphatic rings. The molecule has 1 amide bonds. The highest BCUT2D eigenvalue weighted by atomic mass is 32.2. The van der Waals surface area contributed by atoms with E-state index in [-0.39, 0.29) is 10.8 Å². The van der Waals surface area contributed by atoms with Crippen molar-refractivity contribution in [2.75, 3.05) is 37.4 Å². The molecule has 1 N–H and O–H groups in total. The lowest BCUT2D eigenvalue weighted by Gasteiger charge is -2.34. The largest absolute Gasteiger partial charge is 0.336 e. The number of nitrogens with one attached hydrogen (secondary N) is 1. The van der Waals surface area contributed by atoms with E-state index in [1.165, 1.54) is 17.0 Å². The first-order chi connectivity index (χ1) is 15.4. The SMILES string of the molecule is Cc1ccc(NS(=O)(=O)c2ccc(C(=O)N3CCN(CCc4cccs4)CC3)cc2)cc1. The van der Waals surface area contributed by atoms with Crippen molar-refractivity contribution >= 4 is 33.0 Å². The molecule has 1 aliphatic heterocycles. The minimum absolute atomic E-state index is 0.0571. The standard InChI is InChI=1S/C24H27N3O3S2/c1-19-4-8-21(9-5-19)25-32(29,30)23-10-6-20(7-11-23)24(28)27-16-14-26(15-17-27)13-12-22-3-2-18-31-22/h2-11,18,25H,12-17H2,1H3. The number of thiophene rings is 1. The van der Waals surface area contributed by atoms with Crippen LogP contribution >= 0.6 is 11.3 Å². The summed E-state index contributed by atoms with van der Waals surface area (Å²) in [5.74, 6) is -0.0571. The van der Waals surface area contributed by atoms with E-state index in [1.807, 2.05) is 24.0 Å². The lowest BCUT2D eigenvalue weighted by Crippen LogP contribution is -2.49. The highest BCUT2D eigenvalue weighted by molar-refractivity contribution is 7.92. The van der Waals surface area contributed by atoms with Crippen LogP contribution in [0.4, 0.5) is 5.69 Å². The van der Waals surface area contributed by atoms with Crippen molar-refractivity contribution in [3.8, 4) is 0 Å². The van der Waals surface area contributed by atoms with Crippen molar-refractivity contribution in [1.82, 2.24) is 9.80 Å². The molecule has 0 radical (unpaired) electrons. The first kappa shape index (κ1) is 22.5. The molecule has 1 fully saturated rings. The molecule has 1 saturated heterocycles. The van der Waals surface area contributed by atoms with E-state index in [9.17, 15) is 13.2 Å². The average molecular weight is 470 g/mol.